The highest BCUT2D eigenvalue weighted by Crippen LogP contribution is 2.16. The Labute approximate surface area is 147 Å². The van der Waals surface area contributed by atoms with Crippen molar-refractivity contribution in [1.29, 1.82) is 0 Å². The van der Waals surface area contributed by atoms with Crippen molar-refractivity contribution < 1.29 is 4.79 Å². The second-order valence-corrected chi connectivity index (χ2v) is 6.12. The molecule has 0 radical (unpaired) electrons. The smallest absolute Gasteiger partial charge is 0.258 e. The van der Waals surface area contributed by atoms with Gasteiger partial charge in [0.1, 0.15) is 0 Å². The molecule has 5 nitrogen and oxygen atoms in total. The lowest BCUT2D eigenvalue weighted by molar-refractivity contribution is 0.102. The molecular formula is C20H20N4O. The van der Waals surface area contributed by atoms with Gasteiger partial charge < -0.3 is 10.6 Å². The van der Waals surface area contributed by atoms with Crippen LogP contribution in [0, 0.1) is 20.8 Å². The monoisotopic (exact) mass is 332 g/mol. The minimum absolute atomic E-state index is 0.230. The number of aromatic nitrogens is 2. The maximum atomic E-state index is 12.3. The quantitative estimate of drug-likeness (QED) is 0.743. The fraction of sp³-hybridized carbons (Fsp3) is 0.150. The highest BCUT2D eigenvalue weighted by atomic mass is 16.1. The largest absolute Gasteiger partial charge is 0.324 e. The Morgan fingerprint density at radius 3 is 2.00 bits per heavy atom. The molecule has 0 saturated carbocycles. The van der Waals surface area contributed by atoms with Gasteiger partial charge in [0.15, 0.2) is 0 Å². The van der Waals surface area contributed by atoms with E-state index < -0.39 is 0 Å². The van der Waals surface area contributed by atoms with Crippen molar-refractivity contribution in [2.45, 2.75) is 20.8 Å². The SMILES string of the molecule is Cc1ccc(Nc2ncc(C(=O)Nc3cc(C)cc(C)c3)cn2)cc1. The van der Waals surface area contributed by atoms with Crippen LogP contribution in [0.1, 0.15) is 27.0 Å². The van der Waals surface area contributed by atoms with E-state index in [0.29, 0.717) is 11.5 Å². The van der Waals surface area contributed by atoms with Gasteiger partial charge in [0, 0.05) is 23.8 Å². The lowest BCUT2D eigenvalue weighted by Gasteiger charge is -2.08. The van der Waals surface area contributed by atoms with Crippen molar-refractivity contribution in [3.63, 3.8) is 0 Å². The molecule has 1 heterocycles. The van der Waals surface area contributed by atoms with E-state index in [9.17, 15) is 4.79 Å². The number of anilines is 3. The van der Waals surface area contributed by atoms with Gasteiger partial charge in [-0.3, -0.25) is 4.79 Å². The zero-order chi connectivity index (χ0) is 17.8. The van der Waals surface area contributed by atoms with Crippen LogP contribution >= 0.6 is 0 Å². The van der Waals surface area contributed by atoms with E-state index in [4.69, 9.17) is 0 Å². The van der Waals surface area contributed by atoms with Crippen LogP contribution in [0.5, 0.6) is 0 Å². The number of rotatable bonds is 4. The maximum absolute atomic E-state index is 12.3. The standard InChI is InChI=1S/C20H20N4O/c1-13-4-6-17(7-5-13)24-20-21-11-16(12-22-20)19(25)23-18-9-14(2)8-15(3)10-18/h4-12H,1-3H3,(H,23,25)(H,21,22,24). The topological polar surface area (TPSA) is 66.9 Å². The number of carbonyl (C=O) groups is 1. The summed E-state index contributed by atoms with van der Waals surface area (Å²) in [5.74, 6) is 0.221. The van der Waals surface area contributed by atoms with Crippen LogP contribution in [0.15, 0.2) is 54.9 Å². The van der Waals surface area contributed by atoms with Crippen LogP contribution in [0.2, 0.25) is 0 Å². The first-order chi connectivity index (χ1) is 12.0. The maximum Gasteiger partial charge on any atom is 0.258 e. The summed E-state index contributed by atoms with van der Waals surface area (Å²) in [6.07, 6.45) is 3.03. The summed E-state index contributed by atoms with van der Waals surface area (Å²) in [6, 6.07) is 13.9. The molecule has 0 spiro atoms. The Morgan fingerprint density at radius 1 is 0.800 bits per heavy atom. The normalized spacial score (nSPS) is 10.4. The molecule has 0 bridgehead atoms. The Balaban J connectivity index is 1.68. The number of amides is 1. The van der Waals surface area contributed by atoms with Crippen LogP contribution in [0.25, 0.3) is 0 Å². The highest BCUT2D eigenvalue weighted by Gasteiger charge is 2.08. The Morgan fingerprint density at radius 2 is 1.40 bits per heavy atom. The average Bonchev–Trinajstić information content (AvgIpc) is 2.56. The van der Waals surface area contributed by atoms with Gasteiger partial charge in [-0.2, -0.15) is 0 Å². The summed E-state index contributed by atoms with van der Waals surface area (Å²) in [5, 5.41) is 5.98. The molecule has 1 amide bonds. The molecule has 3 aromatic rings. The predicted octanol–water partition coefficient (Wildman–Crippen LogP) is 4.40. The average molecular weight is 332 g/mol. The zero-order valence-electron chi connectivity index (χ0n) is 14.5. The van der Waals surface area contributed by atoms with Gasteiger partial charge in [-0.15, -0.1) is 0 Å². The van der Waals surface area contributed by atoms with E-state index in [0.717, 1.165) is 22.5 Å². The minimum Gasteiger partial charge on any atom is -0.324 e. The highest BCUT2D eigenvalue weighted by molar-refractivity contribution is 6.04. The van der Waals surface area contributed by atoms with Crippen LogP contribution in [-0.2, 0) is 0 Å². The molecule has 2 N–H and O–H groups in total. The molecule has 3 rings (SSSR count). The van der Waals surface area contributed by atoms with Gasteiger partial charge >= 0.3 is 0 Å². The molecule has 25 heavy (non-hydrogen) atoms. The van der Waals surface area contributed by atoms with Gasteiger partial charge in [-0.25, -0.2) is 9.97 Å². The van der Waals surface area contributed by atoms with Crippen LogP contribution < -0.4 is 10.6 Å². The lowest BCUT2D eigenvalue weighted by atomic mass is 10.1. The van der Waals surface area contributed by atoms with Crippen LogP contribution in [-0.4, -0.2) is 15.9 Å². The molecule has 0 aliphatic rings. The molecule has 0 aliphatic carbocycles. The number of benzene rings is 2. The molecule has 0 fully saturated rings. The Kier molecular flexibility index (Phi) is 4.75. The van der Waals surface area contributed by atoms with Crippen molar-refractivity contribution in [1.82, 2.24) is 9.97 Å². The molecule has 5 heteroatoms. The van der Waals surface area contributed by atoms with Crippen LogP contribution in [0.4, 0.5) is 17.3 Å². The molecule has 2 aromatic carbocycles. The number of nitrogens with zero attached hydrogens (tertiary/aromatic N) is 2. The predicted molar refractivity (Wildman–Crippen MR) is 100 cm³/mol. The zero-order valence-corrected chi connectivity index (χ0v) is 14.5. The number of hydrogen-bond donors (Lipinski definition) is 2. The van der Waals surface area contributed by atoms with Gasteiger partial charge in [-0.1, -0.05) is 23.8 Å². The number of carbonyl (C=O) groups excluding carboxylic acids is 1. The summed E-state index contributed by atoms with van der Waals surface area (Å²) in [6.45, 7) is 6.03. The molecule has 1 aromatic heterocycles. The van der Waals surface area contributed by atoms with E-state index in [1.165, 1.54) is 18.0 Å². The van der Waals surface area contributed by atoms with Gasteiger partial charge in [0.2, 0.25) is 5.95 Å². The van der Waals surface area contributed by atoms with Gasteiger partial charge in [-0.05, 0) is 56.2 Å². The Bertz CT molecular complexity index is 866. The molecule has 0 unspecified atom stereocenters. The first-order valence-electron chi connectivity index (χ1n) is 8.05. The van der Waals surface area contributed by atoms with Crippen molar-refractivity contribution >= 4 is 23.2 Å². The molecule has 0 saturated heterocycles. The number of aryl methyl sites for hydroxylation is 3. The third-order valence-electron chi connectivity index (χ3n) is 3.70. The Hall–Kier alpha value is -3.21. The van der Waals surface area contributed by atoms with E-state index in [2.05, 4.69) is 26.7 Å². The van der Waals surface area contributed by atoms with Gasteiger partial charge in [0.25, 0.3) is 5.91 Å². The molecule has 0 atom stereocenters. The summed E-state index contributed by atoms with van der Waals surface area (Å²) in [7, 11) is 0. The molecular weight excluding hydrogens is 312 g/mol. The summed E-state index contributed by atoms with van der Waals surface area (Å²) in [5.41, 5.74) is 5.47. The fourth-order valence-electron chi connectivity index (χ4n) is 2.53. The first-order valence-corrected chi connectivity index (χ1v) is 8.05. The third-order valence-corrected chi connectivity index (χ3v) is 3.70. The third kappa shape index (κ3) is 4.41. The lowest BCUT2D eigenvalue weighted by Crippen LogP contribution is -2.13. The fourth-order valence-corrected chi connectivity index (χ4v) is 2.53. The van der Waals surface area contributed by atoms with E-state index in [1.54, 1.807) is 0 Å². The minimum atomic E-state index is -0.230. The number of nitrogens with one attached hydrogen (secondary N) is 2. The summed E-state index contributed by atoms with van der Waals surface area (Å²) in [4.78, 5) is 20.8. The van der Waals surface area contributed by atoms with Crippen molar-refractivity contribution in [3.8, 4) is 0 Å². The summed E-state index contributed by atoms with van der Waals surface area (Å²) >= 11 is 0. The second kappa shape index (κ2) is 7.13. The first kappa shape index (κ1) is 16.6. The van der Waals surface area contributed by atoms with E-state index in [-0.39, 0.29) is 5.91 Å². The van der Waals surface area contributed by atoms with E-state index in [1.807, 2.05) is 57.2 Å². The van der Waals surface area contributed by atoms with E-state index >= 15 is 0 Å². The number of hydrogen-bond acceptors (Lipinski definition) is 4. The van der Waals surface area contributed by atoms with Gasteiger partial charge in [0.05, 0.1) is 5.56 Å². The van der Waals surface area contributed by atoms with Crippen molar-refractivity contribution in [3.05, 3.63) is 77.1 Å². The molecule has 0 aliphatic heterocycles. The molecule has 126 valence electrons. The van der Waals surface area contributed by atoms with Crippen LogP contribution in [0.3, 0.4) is 0 Å². The van der Waals surface area contributed by atoms with Crippen molar-refractivity contribution in [2.24, 2.45) is 0 Å². The van der Waals surface area contributed by atoms with Crippen molar-refractivity contribution in [2.75, 3.05) is 10.6 Å². The second-order valence-electron chi connectivity index (χ2n) is 6.12. The summed E-state index contributed by atoms with van der Waals surface area (Å²) < 4.78 is 0.